The SMILES string of the molecule is CC(C)(C)C1CCC(C#N)(C2(O)CCOC2)CC1. The number of nitriles is 1. The fourth-order valence-corrected chi connectivity index (χ4v) is 3.59. The summed E-state index contributed by atoms with van der Waals surface area (Å²) in [6.07, 6.45) is 4.32. The maximum absolute atomic E-state index is 10.7. The average Bonchev–Trinajstić information content (AvgIpc) is 2.76. The second-order valence-corrected chi connectivity index (χ2v) is 7.17. The summed E-state index contributed by atoms with van der Waals surface area (Å²) < 4.78 is 5.33. The Morgan fingerprint density at radius 2 is 1.83 bits per heavy atom. The van der Waals surface area contributed by atoms with Gasteiger partial charge in [0.25, 0.3) is 0 Å². The highest BCUT2D eigenvalue weighted by Gasteiger charge is 2.54. The zero-order valence-corrected chi connectivity index (χ0v) is 11.8. The molecule has 0 radical (unpaired) electrons. The first kappa shape index (κ1) is 13.8. The minimum Gasteiger partial charge on any atom is -0.386 e. The molecule has 0 aromatic rings. The monoisotopic (exact) mass is 251 g/mol. The fraction of sp³-hybridized carbons (Fsp3) is 0.933. The zero-order valence-electron chi connectivity index (χ0n) is 11.8. The molecule has 1 atom stereocenters. The van der Waals surface area contributed by atoms with E-state index in [1.165, 1.54) is 0 Å². The molecule has 0 bridgehead atoms. The summed E-state index contributed by atoms with van der Waals surface area (Å²) in [5.74, 6) is 0.657. The van der Waals surface area contributed by atoms with Crippen molar-refractivity contribution in [1.82, 2.24) is 0 Å². The predicted molar refractivity (Wildman–Crippen MR) is 69.8 cm³/mol. The zero-order chi connectivity index (χ0) is 13.4. The molecule has 2 aliphatic rings. The van der Waals surface area contributed by atoms with Crippen LogP contribution in [0.1, 0.15) is 52.9 Å². The Balaban J connectivity index is 2.12. The molecule has 0 aromatic carbocycles. The van der Waals surface area contributed by atoms with Crippen LogP contribution in [-0.4, -0.2) is 23.9 Å². The van der Waals surface area contributed by atoms with Crippen molar-refractivity contribution in [2.45, 2.75) is 58.5 Å². The molecule has 1 heterocycles. The summed E-state index contributed by atoms with van der Waals surface area (Å²) in [6, 6.07) is 2.44. The van der Waals surface area contributed by atoms with Crippen LogP contribution >= 0.6 is 0 Å². The van der Waals surface area contributed by atoms with Crippen molar-refractivity contribution in [3.05, 3.63) is 0 Å². The van der Waals surface area contributed by atoms with Crippen LogP contribution in [-0.2, 0) is 4.74 Å². The third-order valence-corrected chi connectivity index (χ3v) is 5.17. The predicted octanol–water partition coefficient (Wildman–Crippen LogP) is 2.88. The summed E-state index contributed by atoms with van der Waals surface area (Å²) in [6.45, 7) is 7.72. The van der Waals surface area contributed by atoms with Gasteiger partial charge in [-0.05, 0) is 37.0 Å². The van der Waals surface area contributed by atoms with Gasteiger partial charge in [-0.1, -0.05) is 20.8 Å². The van der Waals surface area contributed by atoms with E-state index in [-0.39, 0.29) is 0 Å². The molecule has 1 saturated carbocycles. The van der Waals surface area contributed by atoms with Gasteiger partial charge in [0, 0.05) is 13.0 Å². The molecule has 0 aromatic heterocycles. The molecular formula is C15H25NO2. The molecule has 102 valence electrons. The first-order chi connectivity index (χ1) is 8.33. The van der Waals surface area contributed by atoms with Gasteiger partial charge >= 0.3 is 0 Å². The van der Waals surface area contributed by atoms with Crippen molar-refractivity contribution in [2.24, 2.45) is 16.7 Å². The lowest BCUT2D eigenvalue weighted by Gasteiger charge is -2.46. The summed E-state index contributed by atoms with van der Waals surface area (Å²) in [7, 11) is 0. The van der Waals surface area contributed by atoms with Gasteiger partial charge in [-0.2, -0.15) is 5.26 Å². The van der Waals surface area contributed by atoms with E-state index in [1.54, 1.807) is 0 Å². The molecule has 18 heavy (non-hydrogen) atoms. The maximum atomic E-state index is 10.7. The highest BCUT2D eigenvalue weighted by Crippen LogP contribution is 2.52. The first-order valence-electron chi connectivity index (χ1n) is 7.04. The van der Waals surface area contributed by atoms with Gasteiger partial charge in [0.1, 0.15) is 5.60 Å². The van der Waals surface area contributed by atoms with Gasteiger partial charge in [0.05, 0.1) is 18.1 Å². The third-order valence-electron chi connectivity index (χ3n) is 5.17. The van der Waals surface area contributed by atoms with Crippen LogP contribution in [0.25, 0.3) is 0 Å². The summed E-state index contributed by atoms with van der Waals surface area (Å²) in [4.78, 5) is 0. The van der Waals surface area contributed by atoms with Crippen molar-refractivity contribution in [3.8, 4) is 6.07 Å². The van der Waals surface area contributed by atoms with E-state index < -0.39 is 11.0 Å². The minimum absolute atomic E-state index is 0.302. The second kappa shape index (κ2) is 4.51. The largest absolute Gasteiger partial charge is 0.386 e. The Bertz CT molecular complexity index is 336. The summed E-state index contributed by atoms with van der Waals surface area (Å²) in [5.41, 5.74) is -1.19. The van der Waals surface area contributed by atoms with Crippen LogP contribution < -0.4 is 0 Å². The number of nitrogens with zero attached hydrogens (tertiary/aromatic N) is 1. The molecule has 2 fully saturated rings. The van der Waals surface area contributed by atoms with Gasteiger partial charge in [-0.25, -0.2) is 0 Å². The number of rotatable bonds is 1. The van der Waals surface area contributed by atoms with Crippen molar-refractivity contribution >= 4 is 0 Å². The van der Waals surface area contributed by atoms with E-state index >= 15 is 0 Å². The minimum atomic E-state index is -0.912. The summed E-state index contributed by atoms with van der Waals surface area (Å²) in [5, 5.41) is 20.3. The molecule has 0 amide bonds. The van der Waals surface area contributed by atoms with Gasteiger partial charge in [0.15, 0.2) is 0 Å². The average molecular weight is 251 g/mol. The Hall–Kier alpha value is -0.590. The molecule has 1 N–H and O–H groups in total. The molecule has 1 aliphatic heterocycles. The van der Waals surface area contributed by atoms with Gasteiger partial charge < -0.3 is 9.84 Å². The topological polar surface area (TPSA) is 53.2 Å². The van der Waals surface area contributed by atoms with Gasteiger partial charge in [-0.3, -0.25) is 0 Å². The van der Waals surface area contributed by atoms with E-state index in [2.05, 4.69) is 26.8 Å². The summed E-state index contributed by atoms with van der Waals surface area (Å²) >= 11 is 0. The number of aliphatic hydroxyl groups is 1. The highest BCUT2D eigenvalue weighted by atomic mass is 16.5. The highest BCUT2D eigenvalue weighted by molar-refractivity contribution is 5.14. The normalized spacial score (nSPS) is 41.6. The van der Waals surface area contributed by atoms with Crippen LogP contribution in [0.2, 0.25) is 0 Å². The molecule has 1 aliphatic carbocycles. The lowest BCUT2D eigenvalue weighted by atomic mass is 9.58. The Kier molecular flexibility index (Phi) is 3.46. The third kappa shape index (κ3) is 2.17. The van der Waals surface area contributed by atoms with Crippen molar-refractivity contribution in [3.63, 3.8) is 0 Å². The van der Waals surface area contributed by atoms with Gasteiger partial charge in [0.2, 0.25) is 0 Å². The second-order valence-electron chi connectivity index (χ2n) is 7.17. The van der Waals surface area contributed by atoms with Crippen LogP contribution in [0.15, 0.2) is 0 Å². The van der Waals surface area contributed by atoms with E-state index in [0.29, 0.717) is 31.0 Å². The number of hydrogen-bond donors (Lipinski definition) is 1. The fourth-order valence-electron chi connectivity index (χ4n) is 3.59. The number of ether oxygens (including phenoxy) is 1. The Morgan fingerprint density at radius 3 is 2.22 bits per heavy atom. The van der Waals surface area contributed by atoms with Crippen LogP contribution in [0.5, 0.6) is 0 Å². The van der Waals surface area contributed by atoms with Crippen LogP contribution in [0.4, 0.5) is 0 Å². The maximum Gasteiger partial charge on any atom is 0.109 e. The molecule has 2 rings (SSSR count). The van der Waals surface area contributed by atoms with Crippen molar-refractivity contribution in [1.29, 1.82) is 5.26 Å². The molecule has 1 unspecified atom stereocenters. The van der Waals surface area contributed by atoms with Crippen molar-refractivity contribution < 1.29 is 9.84 Å². The van der Waals surface area contributed by atoms with E-state index in [9.17, 15) is 10.4 Å². The van der Waals surface area contributed by atoms with Gasteiger partial charge in [-0.15, -0.1) is 0 Å². The first-order valence-corrected chi connectivity index (χ1v) is 7.04. The number of hydrogen-bond acceptors (Lipinski definition) is 3. The Labute approximate surface area is 110 Å². The van der Waals surface area contributed by atoms with Crippen molar-refractivity contribution in [2.75, 3.05) is 13.2 Å². The van der Waals surface area contributed by atoms with Crippen LogP contribution in [0.3, 0.4) is 0 Å². The smallest absolute Gasteiger partial charge is 0.109 e. The lowest BCUT2D eigenvalue weighted by molar-refractivity contribution is -0.0854. The standard InChI is InChI=1S/C15H25NO2/c1-13(2,3)12-4-6-14(10-16,7-5-12)15(17)8-9-18-11-15/h12,17H,4-9,11H2,1-3H3. The van der Waals surface area contributed by atoms with E-state index in [4.69, 9.17) is 4.74 Å². The molecular weight excluding hydrogens is 226 g/mol. The molecule has 0 spiro atoms. The Morgan fingerprint density at radius 1 is 1.22 bits per heavy atom. The lowest BCUT2D eigenvalue weighted by Crippen LogP contribution is -2.50. The van der Waals surface area contributed by atoms with Crippen LogP contribution in [0, 0.1) is 28.1 Å². The molecule has 3 nitrogen and oxygen atoms in total. The molecule has 3 heteroatoms. The van der Waals surface area contributed by atoms with E-state index in [0.717, 1.165) is 25.7 Å². The molecule has 1 saturated heterocycles. The quantitative estimate of drug-likeness (QED) is 0.779. The van der Waals surface area contributed by atoms with E-state index in [1.807, 2.05) is 0 Å².